The number of carbonyl (C=O) groups excluding carboxylic acids is 1. The Bertz CT molecular complexity index is 477. The summed E-state index contributed by atoms with van der Waals surface area (Å²) < 4.78 is 5.54. The molecule has 1 aromatic heterocycles. The quantitative estimate of drug-likeness (QED) is 0.807. The van der Waals surface area contributed by atoms with E-state index in [1.807, 2.05) is 6.07 Å². The third-order valence-electron chi connectivity index (χ3n) is 2.94. The molecular weight excluding hydrogens is 228 g/mol. The van der Waals surface area contributed by atoms with E-state index in [0.717, 1.165) is 36.3 Å². The predicted octanol–water partition coefficient (Wildman–Crippen LogP) is 1.09. The van der Waals surface area contributed by atoms with E-state index in [1.54, 1.807) is 6.20 Å². The first-order valence-corrected chi connectivity index (χ1v) is 6.11. The number of amides is 1. The molecule has 0 unspecified atom stereocenters. The Labute approximate surface area is 107 Å². The van der Waals surface area contributed by atoms with E-state index in [2.05, 4.69) is 16.2 Å². The summed E-state index contributed by atoms with van der Waals surface area (Å²) in [6.45, 7) is 0.231. The van der Waals surface area contributed by atoms with Crippen LogP contribution >= 0.6 is 0 Å². The molecule has 0 aromatic carbocycles. The number of hydrogen-bond donors (Lipinski definition) is 1. The van der Waals surface area contributed by atoms with E-state index in [9.17, 15) is 4.79 Å². The first-order chi connectivity index (χ1) is 8.81. The smallest absolute Gasteiger partial charge is 0.258 e. The molecule has 0 atom stereocenters. The lowest BCUT2D eigenvalue weighted by Crippen LogP contribution is -2.29. The van der Waals surface area contributed by atoms with E-state index in [1.165, 1.54) is 6.42 Å². The van der Waals surface area contributed by atoms with Gasteiger partial charge in [-0.1, -0.05) is 5.92 Å². The van der Waals surface area contributed by atoms with Gasteiger partial charge in [-0.15, -0.1) is 6.42 Å². The molecule has 4 nitrogen and oxygen atoms in total. The number of fused-ring (bicyclic) bond motifs is 1. The number of pyridine rings is 1. The van der Waals surface area contributed by atoms with Crippen LogP contribution in [0, 0.1) is 12.3 Å². The first kappa shape index (κ1) is 12.4. The summed E-state index contributed by atoms with van der Waals surface area (Å²) >= 11 is 0. The zero-order valence-corrected chi connectivity index (χ0v) is 10.2. The molecule has 1 amide bonds. The molecular formula is C14H16N2O2. The summed E-state index contributed by atoms with van der Waals surface area (Å²) in [5.41, 5.74) is 2.25. The molecule has 0 fully saturated rings. The van der Waals surface area contributed by atoms with Crippen molar-refractivity contribution in [3.63, 3.8) is 0 Å². The van der Waals surface area contributed by atoms with Crippen LogP contribution in [0.1, 0.15) is 24.1 Å². The average Bonchev–Trinajstić information content (AvgIpc) is 2.42. The van der Waals surface area contributed by atoms with Crippen LogP contribution in [-0.4, -0.2) is 24.0 Å². The van der Waals surface area contributed by atoms with Gasteiger partial charge in [0.25, 0.3) is 5.91 Å². The van der Waals surface area contributed by atoms with Crippen LogP contribution in [0.3, 0.4) is 0 Å². The Morgan fingerprint density at radius 2 is 2.33 bits per heavy atom. The topological polar surface area (TPSA) is 51.2 Å². The molecule has 0 saturated carbocycles. The number of ether oxygens (including phenoxy) is 1. The Kier molecular flexibility index (Phi) is 4.19. The van der Waals surface area contributed by atoms with Crippen molar-refractivity contribution in [3.8, 4) is 18.1 Å². The van der Waals surface area contributed by atoms with Crippen LogP contribution in [0.4, 0.5) is 0 Å². The fourth-order valence-corrected chi connectivity index (χ4v) is 2.07. The molecule has 0 radical (unpaired) electrons. The predicted molar refractivity (Wildman–Crippen MR) is 68.2 cm³/mol. The van der Waals surface area contributed by atoms with Gasteiger partial charge in [0.15, 0.2) is 6.61 Å². The number of carbonyl (C=O) groups is 1. The molecule has 1 aromatic rings. The zero-order valence-electron chi connectivity index (χ0n) is 10.2. The van der Waals surface area contributed by atoms with Crippen molar-refractivity contribution >= 4 is 5.91 Å². The van der Waals surface area contributed by atoms with Gasteiger partial charge in [0.2, 0.25) is 0 Å². The van der Waals surface area contributed by atoms with E-state index in [4.69, 9.17) is 11.2 Å². The second-order valence-electron chi connectivity index (χ2n) is 4.21. The molecule has 0 spiro atoms. The Balaban J connectivity index is 1.97. The van der Waals surface area contributed by atoms with Gasteiger partial charge < -0.3 is 10.1 Å². The van der Waals surface area contributed by atoms with Crippen LogP contribution in [0.25, 0.3) is 0 Å². The lowest BCUT2D eigenvalue weighted by Gasteiger charge is -2.18. The third-order valence-corrected chi connectivity index (χ3v) is 2.94. The van der Waals surface area contributed by atoms with Gasteiger partial charge in [0.05, 0.1) is 6.54 Å². The summed E-state index contributed by atoms with van der Waals surface area (Å²) in [4.78, 5) is 15.7. The highest BCUT2D eigenvalue weighted by molar-refractivity contribution is 5.77. The summed E-state index contributed by atoms with van der Waals surface area (Å²) in [6.07, 6.45) is 11.1. The maximum Gasteiger partial charge on any atom is 0.258 e. The van der Waals surface area contributed by atoms with Crippen molar-refractivity contribution in [1.82, 2.24) is 10.3 Å². The maximum atomic E-state index is 11.4. The van der Waals surface area contributed by atoms with Gasteiger partial charge in [-0.05, 0) is 31.7 Å². The largest absolute Gasteiger partial charge is 0.483 e. The average molecular weight is 244 g/mol. The van der Waals surface area contributed by atoms with Gasteiger partial charge in [0.1, 0.15) is 5.75 Å². The molecule has 2 rings (SSSR count). The summed E-state index contributed by atoms with van der Waals surface area (Å²) in [5, 5.41) is 2.57. The molecule has 0 saturated heterocycles. The molecule has 94 valence electrons. The van der Waals surface area contributed by atoms with Gasteiger partial charge in [-0.25, -0.2) is 0 Å². The first-order valence-electron chi connectivity index (χ1n) is 6.11. The van der Waals surface area contributed by atoms with E-state index in [0.29, 0.717) is 0 Å². The standard InChI is InChI=1S/C14H16N2O2/c1-2-8-16-14(17)10-18-13-7-9-15-12-6-4-3-5-11(12)13/h1,7,9H,3-6,8,10H2,(H,16,17). The van der Waals surface area contributed by atoms with E-state index in [-0.39, 0.29) is 19.1 Å². The van der Waals surface area contributed by atoms with Crippen molar-refractivity contribution in [3.05, 3.63) is 23.5 Å². The van der Waals surface area contributed by atoms with Gasteiger partial charge in [-0.2, -0.15) is 0 Å². The normalized spacial score (nSPS) is 13.3. The van der Waals surface area contributed by atoms with Crippen molar-refractivity contribution < 1.29 is 9.53 Å². The fraction of sp³-hybridized carbons (Fsp3) is 0.429. The second-order valence-corrected chi connectivity index (χ2v) is 4.21. The molecule has 1 aliphatic carbocycles. The number of nitrogens with one attached hydrogen (secondary N) is 1. The van der Waals surface area contributed by atoms with Crippen LogP contribution < -0.4 is 10.1 Å². The van der Waals surface area contributed by atoms with Gasteiger partial charge in [0, 0.05) is 17.5 Å². The van der Waals surface area contributed by atoms with E-state index < -0.39 is 0 Å². The highest BCUT2D eigenvalue weighted by Crippen LogP contribution is 2.27. The highest BCUT2D eigenvalue weighted by Gasteiger charge is 2.15. The van der Waals surface area contributed by atoms with E-state index >= 15 is 0 Å². The lowest BCUT2D eigenvalue weighted by atomic mass is 9.95. The molecule has 0 bridgehead atoms. The monoisotopic (exact) mass is 244 g/mol. The third kappa shape index (κ3) is 3.01. The zero-order chi connectivity index (χ0) is 12.8. The molecule has 1 heterocycles. The van der Waals surface area contributed by atoms with Crippen LogP contribution in [-0.2, 0) is 17.6 Å². The number of aromatic nitrogens is 1. The van der Waals surface area contributed by atoms with Crippen LogP contribution in [0.15, 0.2) is 12.3 Å². The lowest BCUT2D eigenvalue weighted by molar-refractivity contribution is -0.122. The van der Waals surface area contributed by atoms with Gasteiger partial charge in [-0.3, -0.25) is 9.78 Å². The minimum absolute atomic E-state index is 0.00185. The highest BCUT2D eigenvalue weighted by atomic mass is 16.5. The SMILES string of the molecule is C#CCNC(=O)COc1ccnc2c1CCCC2. The second kappa shape index (κ2) is 6.06. The Hall–Kier alpha value is -2.02. The fourth-order valence-electron chi connectivity index (χ4n) is 2.07. The minimum atomic E-state index is -0.200. The van der Waals surface area contributed by atoms with Gasteiger partial charge >= 0.3 is 0 Å². The number of nitrogens with zero attached hydrogens (tertiary/aromatic N) is 1. The van der Waals surface area contributed by atoms with Crippen LogP contribution in [0.5, 0.6) is 5.75 Å². The number of terminal acetylenes is 1. The summed E-state index contributed by atoms with van der Waals surface area (Å²) in [7, 11) is 0. The Morgan fingerprint density at radius 3 is 3.17 bits per heavy atom. The number of aryl methyl sites for hydroxylation is 1. The number of rotatable bonds is 4. The minimum Gasteiger partial charge on any atom is -0.483 e. The van der Waals surface area contributed by atoms with Crippen molar-refractivity contribution in [2.24, 2.45) is 0 Å². The summed E-state index contributed by atoms with van der Waals surface area (Å²) in [5.74, 6) is 2.92. The molecule has 4 heteroatoms. The van der Waals surface area contributed by atoms with Crippen LogP contribution in [0.2, 0.25) is 0 Å². The summed E-state index contributed by atoms with van der Waals surface area (Å²) in [6, 6.07) is 1.82. The van der Waals surface area contributed by atoms with Crippen molar-refractivity contribution in [2.75, 3.05) is 13.2 Å². The molecule has 1 aliphatic rings. The maximum absolute atomic E-state index is 11.4. The molecule has 1 N–H and O–H groups in total. The number of hydrogen-bond acceptors (Lipinski definition) is 3. The Morgan fingerprint density at radius 1 is 1.50 bits per heavy atom. The molecule has 18 heavy (non-hydrogen) atoms. The van der Waals surface area contributed by atoms with Crippen molar-refractivity contribution in [1.29, 1.82) is 0 Å². The molecule has 0 aliphatic heterocycles. The van der Waals surface area contributed by atoms with Crippen molar-refractivity contribution in [2.45, 2.75) is 25.7 Å².